The third-order valence-corrected chi connectivity index (χ3v) is 3.19. The van der Waals surface area contributed by atoms with E-state index in [0.717, 1.165) is 24.9 Å². The molecule has 0 spiro atoms. The third kappa shape index (κ3) is 6.68. The van der Waals surface area contributed by atoms with E-state index < -0.39 is 0 Å². The first-order valence-corrected chi connectivity index (χ1v) is 6.93. The van der Waals surface area contributed by atoms with E-state index in [1.54, 1.807) is 0 Å². The van der Waals surface area contributed by atoms with Crippen molar-refractivity contribution in [3.05, 3.63) is 24.3 Å². The predicted octanol–water partition coefficient (Wildman–Crippen LogP) is 4.83. The second kappa shape index (κ2) is 11.9. The first-order valence-electron chi connectivity index (χ1n) is 6.93. The minimum absolute atomic E-state index is 0.731. The van der Waals surface area contributed by atoms with E-state index in [2.05, 4.69) is 53.3 Å². The first-order chi connectivity index (χ1) is 8.12. The van der Waals surface area contributed by atoms with Crippen molar-refractivity contribution >= 4 is 0 Å². The number of hydrogen-bond donors (Lipinski definition) is 1. The lowest BCUT2D eigenvalue weighted by Gasteiger charge is -2.33. The van der Waals surface area contributed by atoms with E-state index in [1.165, 1.54) is 24.8 Å². The van der Waals surface area contributed by atoms with Crippen molar-refractivity contribution in [2.75, 3.05) is 7.11 Å². The molecule has 17 heavy (non-hydrogen) atoms. The third-order valence-electron chi connectivity index (χ3n) is 3.19. The van der Waals surface area contributed by atoms with Crippen LogP contribution in [0.25, 0.3) is 0 Å². The molecule has 0 saturated heterocycles. The molecule has 0 radical (unpaired) electrons. The molecule has 0 saturated carbocycles. The molecule has 0 heterocycles. The summed E-state index contributed by atoms with van der Waals surface area (Å²) in [7, 11) is 1.00. The summed E-state index contributed by atoms with van der Waals surface area (Å²) in [6.07, 6.45) is 8.29. The van der Waals surface area contributed by atoms with Crippen molar-refractivity contribution < 1.29 is 5.11 Å². The smallest absolute Gasteiger partial charge is 0.0319 e. The van der Waals surface area contributed by atoms with Crippen LogP contribution in [0.4, 0.5) is 0 Å². The van der Waals surface area contributed by atoms with E-state index in [9.17, 15) is 0 Å². The molecule has 1 aliphatic carbocycles. The van der Waals surface area contributed by atoms with Crippen LogP contribution in [0.2, 0.25) is 0 Å². The minimum Gasteiger partial charge on any atom is -0.400 e. The SMILES string of the molecule is C=C1C=CC(C)C(CC)C1CC.CCC.CO. The molecule has 3 atom stereocenters. The van der Waals surface area contributed by atoms with E-state index in [0.29, 0.717) is 0 Å². The van der Waals surface area contributed by atoms with Gasteiger partial charge in [0.05, 0.1) is 0 Å². The van der Waals surface area contributed by atoms with Crippen molar-refractivity contribution in [2.45, 2.75) is 53.9 Å². The summed E-state index contributed by atoms with van der Waals surface area (Å²) >= 11 is 0. The van der Waals surface area contributed by atoms with Gasteiger partial charge in [0.25, 0.3) is 0 Å². The Kier molecular flexibility index (Phi) is 13.2. The molecule has 0 aliphatic heterocycles. The normalized spacial score (nSPS) is 26.5. The van der Waals surface area contributed by atoms with Crippen LogP contribution < -0.4 is 0 Å². The van der Waals surface area contributed by atoms with Gasteiger partial charge in [0, 0.05) is 7.11 Å². The van der Waals surface area contributed by atoms with Crippen LogP contribution >= 0.6 is 0 Å². The van der Waals surface area contributed by atoms with Crippen molar-refractivity contribution in [1.82, 2.24) is 0 Å². The van der Waals surface area contributed by atoms with Crippen LogP contribution in [-0.2, 0) is 0 Å². The van der Waals surface area contributed by atoms with Crippen LogP contribution in [0.5, 0.6) is 0 Å². The van der Waals surface area contributed by atoms with Gasteiger partial charge in [-0.3, -0.25) is 0 Å². The molecule has 0 bridgehead atoms. The van der Waals surface area contributed by atoms with Crippen LogP contribution in [0.1, 0.15) is 53.9 Å². The van der Waals surface area contributed by atoms with Gasteiger partial charge >= 0.3 is 0 Å². The highest BCUT2D eigenvalue weighted by atomic mass is 16.2. The summed E-state index contributed by atoms with van der Waals surface area (Å²) in [5, 5.41) is 7.00. The highest BCUT2D eigenvalue weighted by Gasteiger charge is 2.26. The first kappa shape index (κ1) is 18.8. The molecule has 0 amide bonds. The Hall–Kier alpha value is -0.560. The van der Waals surface area contributed by atoms with E-state index in [1.807, 2.05) is 0 Å². The Labute approximate surface area is 109 Å². The Bertz CT molecular complexity index is 206. The lowest BCUT2D eigenvalue weighted by molar-refractivity contribution is 0.286. The number of aliphatic hydroxyl groups is 1. The highest BCUT2D eigenvalue weighted by Crippen LogP contribution is 2.36. The maximum atomic E-state index is 7.00. The van der Waals surface area contributed by atoms with E-state index in [-0.39, 0.29) is 0 Å². The molecule has 1 aliphatic rings. The van der Waals surface area contributed by atoms with Gasteiger partial charge in [-0.15, -0.1) is 0 Å². The molecule has 1 nitrogen and oxygen atoms in total. The summed E-state index contributed by atoms with van der Waals surface area (Å²) in [5.74, 6) is 2.30. The molecular weight excluding hydrogens is 208 g/mol. The van der Waals surface area contributed by atoms with Gasteiger partial charge in [-0.05, 0) is 24.2 Å². The second-order valence-electron chi connectivity index (χ2n) is 4.59. The quantitative estimate of drug-likeness (QED) is 0.733. The molecule has 0 fully saturated rings. The van der Waals surface area contributed by atoms with E-state index in [4.69, 9.17) is 5.11 Å². The zero-order valence-corrected chi connectivity index (χ0v) is 12.7. The average Bonchev–Trinajstić information content (AvgIpc) is 2.35. The largest absolute Gasteiger partial charge is 0.400 e. The molecule has 1 rings (SSSR count). The topological polar surface area (TPSA) is 20.2 Å². The van der Waals surface area contributed by atoms with Crippen LogP contribution in [0.15, 0.2) is 24.3 Å². The maximum absolute atomic E-state index is 7.00. The van der Waals surface area contributed by atoms with Crippen LogP contribution in [-0.4, -0.2) is 12.2 Å². The molecule has 0 aromatic heterocycles. The standard InChI is InChI=1S/C12H20.C3H8.CH4O/c1-5-11-9(3)7-8-10(4)12(11)6-2;1-3-2;1-2/h7-8,10-12H,3,5-6H2,1-2,4H3;3H2,1-2H3;2H,1H3. The molecule has 1 N–H and O–H groups in total. The fraction of sp³-hybridized carbons (Fsp3) is 0.750. The summed E-state index contributed by atoms with van der Waals surface area (Å²) < 4.78 is 0. The molecular formula is C16H32O. The minimum atomic E-state index is 0.731. The molecule has 0 aromatic rings. The average molecular weight is 240 g/mol. The lowest BCUT2D eigenvalue weighted by Crippen LogP contribution is -2.23. The van der Waals surface area contributed by atoms with Gasteiger partial charge in [-0.2, -0.15) is 0 Å². The number of allylic oxidation sites excluding steroid dienone is 3. The van der Waals surface area contributed by atoms with Gasteiger partial charge in [-0.25, -0.2) is 0 Å². The highest BCUT2D eigenvalue weighted by molar-refractivity contribution is 5.23. The maximum Gasteiger partial charge on any atom is 0.0319 e. The molecule has 0 aromatic carbocycles. The Balaban J connectivity index is 0. The molecule has 102 valence electrons. The molecule has 1 heteroatoms. The Morgan fingerprint density at radius 2 is 1.59 bits per heavy atom. The Morgan fingerprint density at radius 1 is 1.12 bits per heavy atom. The van der Waals surface area contributed by atoms with Crippen molar-refractivity contribution in [3.8, 4) is 0 Å². The lowest BCUT2D eigenvalue weighted by atomic mass is 9.72. The van der Waals surface area contributed by atoms with Gasteiger partial charge in [0.1, 0.15) is 0 Å². The predicted molar refractivity (Wildman–Crippen MR) is 79.1 cm³/mol. The number of hydrogen-bond acceptors (Lipinski definition) is 1. The summed E-state index contributed by atoms with van der Waals surface area (Å²) in [4.78, 5) is 0. The van der Waals surface area contributed by atoms with E-state index >= 15 is 0 Å². The number of aliphatic hydroxyl groups excluding tert-OH is 1. The summed E-state index contributed by atoms with van der Waals surface area (Å²) in [6.45, 7) is 15.2. The summed E-state index contributed by atoms with van der Waals surface area (Å²) in [5.41, 5.74) is 1.34. The monoisotopic (exact) mass is 240 g/mol. The zero-order chi connectivity index (χ0) is 13.8. The fourth-order valence-corrected chi connectivity index (χ4v) is 2.40. The van der Waals surface area contributed by atoms with Gasteiger partial charge in [-0.1, -0.05) is 71.8 Å². The number of rotatable bonds is 2. The molecule has 3 unspecified atom stereocenters. The van der Waals surface area contributed by atoms with Crippen molar-refractivity contribution in [3.63, 3.8) is 0 Å². The Morgan fingerprint density at radius 3 is 1.88 bits per heavy atom. The second-order valence-corrected chi connectivity index (χ2v) is 4.59. The zero-order valence-electron chi connectivity index (χ0n) is 12.7. The van der Waals surface area contributed by atoms with Crippen molar-refractivity contribution in [2.24, 2.45) is 17.8 Å². The van der Waals surface area contributed by atoms with Gasteiger partial charge < -0.3 is 5.11 Å². The van der Waals surface area contributed by atoms with Crippen LogP contribution in [0, 0.1) is 17.8 Å². The van der Waals surface area contributed by atoms with Crippen molar-refractivity contribution in [1.29, 1.82) is 0 Å². The summed E-state index contributed by atoms with van der Waals surface area (Å²) in [6, 6.07) is 0. The van der Waals surface area contributed by atoms with Gasteiger partial charge in [0.15, 0.2) is 0 Å². The van der Waals surface area contributed by atoms with Crippen LogP contribution in [0.3, 0.4) is 0 Å². The van der Waals surface area contributed by atoms with Gasteiger partial charge in [0.2, 0.25) is 0 Å². The fourth-order valence-electron chi connectivity index (χ4n) is 2.40.